The highest BCUT2D eigenvalue weighted by Crippen LogP contribution is 2.29. The summed E-state index contributed by atoms with van der Waals surface area (Å²) in [7, 11) is 0. The van der Waals surface area contributed by atoms with Crippen LogP contribution in [-0.2, 0) is 24.0 Å². The highest BCUT2D eigenvalue weighted by molar-refractivity contribution is 6.44. The first-order valence-corrected chi connectivity index (χ1v) is 43.0. The highest BCUT2D eigenvalue weighted by atomic mass is 35.5. The summed E-state index contributed by atoms with van der Waals surface area (Å²) < 4.78 is 56.0. The maximum atomic E-state index is 14.0. The number of hydrazine groups is 2. The molecule has 31 heteroatoms. The third kappa shape index (κ3) is 42.3. The predicted octanol–water partition coefficient (Wildman–Crippen LogP) is 30.8. The van der Waals surface area contributed by atoms with Crippen molar-refractivity contribution in [2.45, 2.75) is 142 Å². The Morgan fingerprint density at radius 3 is 0.984 bits per heavy atom. The van der Waals surface area contributed by atoms with Gasteiger partial charge in [-0.15, -0.1) is 0 Å². The maximum Gasteiger partial charge on any atom is 0.204 e. The molecule has 0 fully saturated rings. The van der Waals surface area contributed by atoms with E-state index in [1.165, 1.54) is 48.5 Å². The number of halogens is 14. The molecule has 0 heterocycles. The molecule has 0 spiro atoms. The lowest BCUT2D eigenvalue weighted by molar-refractivity contribution is -0.120. The molecule has 0 radical (unpaired) electrons. The average molecular weight is 1940 g/mol. The molecule has 0 unspecified atom stereocenters. The van der Waals surface area contributed by atoms with Crippen LogP contribution in [-0.4, -0.2) is 77.4 Å². The van der Waals surface area contributed by atoms with Crippen molar-refractivity contribution in [3.63, 3.8) is 0 Å². The van der Waals surface area contributed by atoms with E-state index >= 15 is 0 Å². The third-order valence-electron chi connectivity index (χ3n) is 16.9. The van der Waals surface area contributed by atoms with Crippen LogP contribution in [0.4, 0.5) is 74.4 Å². The summed E-state index contributed by atoms with van der Waals surface area (Å²) >= 11 is 58.5. The molecule has 0 aliphatic heterocycles. The van der Waals surface area contributed by atoms with Crippen molar-refractivity contribution in [3.05, 3.63) is 292 Å². The lowest BCUT2D eigenvalue weighted by atomic mass is 9.90. The lowest BCUT2D eigenvalue weighted by Gasteiger charge is -2.19. The van der Waals surface area contributed by atoms with E-state index < -0.39 is 28.7 Å². The second kappa shape index (κ2) is 58.6. The van der Waals surface area contributed by atoms with Gasteiger partial charge in [0.2, 0.25) is 5.78 Å². The van der Waals surface area contributed by atoms with Crippen LogP contribution in [0.25, 0.3) is 0 Å². The second-order valence-electron chi connectivity index (χ2n) is 28.7. The molecule has 0 saturated heterocycles. The molecule has 0 aromatic heterocycles. The van der Waals surface area contributed by atoms with Crippen LogP contribution in [0.5, 0.6) is 0 Å². The van der Waals surface area contributed by atoms with Crippen LogP contribution in [0.15, 0.2) is 243 Å². The largest absolute Gasteiger partial charge is 0.379 e. The van der Waals surface area contributed by atoms with Gasteiger partial charge in [-0.25, -0.2) is 42.5 Å². The van der Waals surface area contributed by atoms with Crippen LogP contribution in [0.2, 0.25) is 50.2 Å². The fraction of sp³-hybridized carbons (Fsp3) is 0.271. The van der Waals surface area contributed by atoms with Gasteiger partial charge in [-0.05, 0) is 225 Å². The van der Waals surface area contributed by atoms with Crippen molar-refractivity contribution in [1.82, 2.24) is 10.9 Å². The Bertz CT molecular complexity index is 5240. The number of carbonyl (C=O) groups is 5. The highest BCUT2D eigenvalue weighted by Gasteiger charge is 2.27. The molecular weight excluding hydrogens is 1830 g/mol. The molecule has 0 bridgehead atoms. The van der Waals surface area contributed by atoms with E-state index in [4.69, 9.17) is 116 Å². The second-order valence-corrected chi connectivity index (χ2v) is 33.1. The smallest absolute Gasteiger partial charge is 0.204 e. The lowest BCUT2D eigenvalue weighted by Crippen LogP contribution is -2.41. The number of carbonyl (C=O) groups excluding carboxylic acids is 5. The van der Waals surface area contributed by atoms with Crippen molar-refractivity contribution in [3.8, 4) is 0 Å². The Kier molecular flexibility index (Phi) is 51.3. The Hall–Kier alpha value is -9.88. The van der Waals surface area contributed by atoms with Gasteiger partial charge in [0.25, 0.3) is 0 Å². The van der Waals surface area contributed by atoms with Gasteiger partial charge in [0.05, 0.1) is 53.8 Å². The zero-order chi connectivity index (χ0) is 90.8. The summed E-state index contributed by atoms with van der Waals surface area (Å²) in [5.41, 5.74) is 16.4. The Labute approximate surface area is 793 Å². The summed E-state index contributed by atoms with van der Waals surface area (Å²) in [6.07, 6.45) is 6.33. The molecule has 10 aromatic carbocycles. The molecule has 127 heavy (non-hydrogen) atoms. The number of nitrogens with zero attached hydrogens (tertiary/aromatic N) is 5. The maximum absolute atomic E-state index is 14.0. The normalized spacial score (nSPS) is 11.3. The Morgan fingerprint density at radius 1 is 0.331 bits per heavy atom. The van der Waals surface area contributed by atoms with Gasteiger partial charge in [-0.2, -0.15) is 0 Å². The number of nitrogens with one attached hydrogen (secondary N) is 7. The van der Waals surface area contributed by atoms with Gasteiger partial charge in [0, 0.05) is 98.4 Å². The summed E-state index contributed by atoms with van der Waals surface area (Å²) in [6, 6.07) is 59.1. The summed E-state index contributed by atoms with van der Waals surface area (Å²) in [5.74, 6) is -2.51. The fourth-order valence-corrected chi connectivity index (χ4v) is 11.9. The minimum Gasteiger partial charge on any atom is -0.379 e. The van der Waals surface area contributed by atoms with Crippen LogP contribution in [0, 0.1) is 34.6 Å². The number of rotatable bonds is 34. The van der Waals surface area contributed by atoms with Gasteiger partial charge < -0.3 is 16.0 Å². The van der Waals surface area contributed by atoms with Crippen molar-refractivity contribution >= 4 is 231 Å². The van der Waals surface area contributed by atoms with E-state index in [0.717, 1.165) is 67.3 Å². The molecular formula is C96H106Cl10F4N12O5. The van der Waals surface area contributed by atoms with Gasteiger partial charge in [-0.1, -0.05) is 231 Å². The summed E-state index contributed by atoms with van der Waals surface area (Å²) in [5, 5.41) is 14.1. The number of hydrogen-bond acceptors (Lipinski definition) is 15. The molecule has 7 N–H and O–H groups in total. The van der Waals surface area contributed by atoms with Crippen LogP contribution < -0.4 is 37.7 Å². The van der Waals surface area contributed by atoms with Crippen LogP contribution in [0.3, 0.4) is 0 Å². The number of Topliss-reactive ketones (excluding diaryl/α,β-unsaturated/α-hetero) is 5. The number of benzene rings is 10. The van der Waals surface area contributed by atoms with Crippen molar-refractivity contribution in [2.24, 2.45) is 36.3 Å². The van der Waals surface area contributed by atoms with E-state index in [9.17, 15) is 41.5 Å². The van der Waals surface area contributed by atoms with E-state index in [2.05, 4.69) is 62.6 Å². The number of ketones is 5. The van der Waals surface area contributed by atoms with Gasteiger partial charge in [-0.3, -0.25) is 45.7 Å². The minimum atomic E-state index is -0.599. The minimum absolute atomic E-state index is 0. The quantitative estimate of drug-likeness (QED) is 0.00864. The fourth-order valence-electron chi connectivity index (χ4n) is 10.3. The molecule has 678 valence electrons. The monoisotopic (exact) mass is 1930 g/mol. The molecule has 0 amide bonds. The van der Waals surface area contributed by atoms with E-state index in [0.29, 0.717) is 67.2 Å². The van der Waals surface area contributed by atoms with Gasteiger partial charge in [0.15, 0.2) is 34.8 Å². The Balaban J connectivity index is 0.000000407. The number of aliphatic imine (C=N–C) groups is 5. The molecule has 17 nitrogen and oxygen atoms in total. The predicted molar refractivity (Wildman–Crippen MR) is 532 cm³/mol. The first-order valence-electron chi connectivity index (χ1n) is 39.3. The van der Waals surface area contributed by atoms with Crippen LogP contribution >= 0.6 is 116 Å². The summed E-state index contributed by atoms with van der Waals surface area (Å²) in [6.45, 7) is 16.0. The average Bonchev–Trinajstić information content (AvgIpc) is 0.850. The third-order valence-corrected chi connectivity index (χ3v) is 19.3. The van der Waals surface area contributed by atoms with Crippen molar-refractivity contribution in [2.75, 3.05) is 46.4 Å². The number of unbranched alkanes of at least 4 members (excludes halogenated alkanes) is 3. The summed E-state index contributed by atoms with van der Waals surface area (Å²) in [4.78, 5) is 83.5. The van der Waals surface area contributed by atoms with E-state index in [1.807, 2.05) is 67.5 Å². The standard InChI is InChI=1S/3C19H19Cl2FN2O.C18H18Cl2FN3O.C18H19Cl2N3O.3CH4/c1-12(2)8-19(25)18(11-23-15-5-3-4-13(20)9-15)24-17-7-6-14(21)10-16(17)22;1-2-3-7-19(25)18(12-23-15-6-4-5-13(20)10-15)24-17-9-8-14(21)11-16(17)22;1-2-3-4-19(25)18(12-23-15-8-5-13(20)6-9-15)24-17-10-7-14(21)11-16(17)22;1-2-3-7-17(25)18(22-16-9-8-13(20)11-15(16)21)24-23-14-6-4-5-12(19)10-14;1-18(2,3)16(24)17(21-14-8-4-12(19)5-9-14)23-22-15-10-6-13(20)7-11-15;;;/h3-7,9-10,12,23H,8,11H2,1-2H3;4-6,8-11,23H,2-3,7,12H2,1H3;5-11,23H,2-4,12H2,1H3;4-6,8-11,23H,2-3,7H2,1H3,(H,22,24);4-11,22H,1-3H3,(H,21,23);3*1H4. The molecule has 0 aliphatic rings. The molecule has 10 rings (SSSR count). The zero-order valence-corrected chi connectivity index (χ0v) is 76.7. The van der Waals surface area contributed by atoms with Crippen molar-refractivity contribution < 1.29 is 41.5 Å². The van der Waals surface area contributed by atoms with Gasteiger partial charge in [0.1, 0.15) is 46.1 Å². The Morgan fingerprint density at radius 2 is 0.630 bits per heavy atom. The van der Waals surface area contributed by atoms with Crippen LogP contribution in [0.1, 0.15) is 142 Å². The number of anilines is 5. The van der Waals surface area contributed by atoms with Crippen molar-refractivity contribution in [1.29, 1.82) is 0 Å². The topological polar surface area (TPSA) is 231 Å². The zero-order valence-electron chi connectivity index (χ0n) is 69.1. The van der Waals surface area contributed by atoms with E-state index in [1.54, 1.807) is 152 Å². The molecule has 0 atom stereocenters. The first kappa shape index (κ1) is 111. The van der Waals surface area contributed by atoms with E-state index in [-0.39, 0.29) is 148 Å². The molecule has 10 aromatic rings. The molecule has 0 saturated carbocycles. The van der Waals surface area contributed by atoms with Gasteiger partial charge >= 0.3 is 0 Å². The number of amidine groups is 2. The molecule has 0 aliphatic carbocycles. The SMILES string of the molecule is C.C.C.CC(C)(C)C(=O)C(=Nc1ccc(Cl)cc1)NNc1ccc(Cl)cc1.CC(C)CC(=O)C(CNc1cccc(Cl)c1)=Nc1ccc(Cl)cc1F.CCCCC(=O)C(=Nc1ccc(Cl)cc1F)NNc1cccc(Cl)c1.CCCCC(=O)C(CNc1ccc(Cl)cc1)=Nc1ccc(Cl)cc1F.CCCCC(=O)C(CNc1cccc(Cl)c1)=Nc1ccc(Cl)cc1F. The number of hydrogen-bond donors (Lipinski definition) is 7. The first-order chi connectivity index (χ1) is 59.1.